The Kier molecular flexibility index (Phi) is 5.28. The summed E-state index contributed by atoms with van der Waals surface area (Å²) in [5, 5.41) is 10.6. The Morgan fingerprint density at radius 3 is 2.81 bits per heavy atom. The second kappa shape index (κ2) is 7.39. The van der Waals surface area contributed by atoms with Gasteiger partial charge in [-0.1, -0.05) is 5.21 Å². The molecule has 1 aromatic heterocycles. The molecular formula is C14H19N5O2. The van der Waals surface area contributed by atoms with Gasteiger partial charge in [0.1, 0.15) is 12.3 Å². The van der Waals surface area contributed by atoms with E-state index in [1.165, 1.54) is 4.68 Å². The second-order valence-electron chi connectivity index (χ2n) is 4.45. The molecule has 0 fully saturated rings. The predicted molar refractivity (Wildman–Crippen MR) is 79.0 cm³/mol. The summed E-state index contributed by atoms with van der Waals surface area (Å²) < 4.78 is 6.84. The Bertz CT molecular complexity index is 579. The standard InChI is InChI=1S/C14H19N5O2/c1-2-21-13-5-3-11(4-6-13)16-14(20)10-19-9-12(7-8-15)17-18-19/h3-6,9H,2,7-8,10,15H2,1H3,(H,16,20). The lowest BCUT2D eigenvalue weighted by atomic mass is 10.3. The van der Waals surface area contributed by atoms with E-state index in [1.54, 1.807) is 18.3 Å². The predicted octanol–water partition coefficient (Wildman–Crippen LogP) is 0.817. The summed E-state index contributed by atoms with van der Waals surface area (Å²) in [6.45, 7) is 3.16. The van der Waals surface area contributed by atoms with Crippen LogP contribution in [0, 0.1) is 0 Å². The first kappa shape index (κ1) is 15.0. The number of nitrogens with zero attached hydrogens (tertiary/aromatic N) is 3. The number of hydrogen-bond donors (Lipinski definition) is 2. The minimum Gasteiger partial charge on any atom is -0.494 e. The van der Waals surface area contributed by atoms with Crippen LogP contribution in [-0.4, -0.2) is 34.1 Å². The molecular weight excluding hydrogens is 270 g/mol. The molecule has 7 nitrogen and oxygen atoms in total. The molecule has 0 aliphatic carbocycles. The summed E-state index contributed by atoms with van der Waals surface area (Å²) in [6.07, 6.45) is 2.38. The smallest absolute Gasteiger partial charge is 0.246 e. The molecule has 112 valence electrons. The number of nitrogens with one attached hydrogen (secondary N) is 1. The Morgan fingerprint density at radius 1 is 1.38 bits per heavy atom. The maximum absolute atomic E-state index is 11.9. The van der Waals surface area contributed by atoms with Gasteiger partial charge in [-0.3, -0.25) is 4.79 Å². The van der Waals surface area contributed by atoms with Crippen molar-refractivity contribution in [2.45, 2.75) is 19.9 Å². The van der Waals surface area contributed by atoms with Gasteiger partial charge in [-0.25, -0.2) is 4.68 Å². The van der Waals surface area contributed by atoms with E-state index in [0.717, 1.165) is 11.4 Å². The third-order valence-electron chi connectivity index (χ3n) is 2.74. The first-order valence-corrected chi connectivity index (χ1v) is 6.83. The average Bonchev–Trinajstić information content (AvgIpc) is 2.89. The minimum atomic E-state index is -0.164. The second-order valence-corrected chi connectivity index (χ2v) is 4.45. The third-order valence-corrected chi connectivity index (χ3v) is 2.74. The van der Waals surface area contributed by atoms with Crippen LogP contribution in [0.4, 0.5) is 5.69 Å². The molecule has 0 radical (unpaired) electrons. The fourth-order valence-electron chi connectivity index (χ4n) is 1.83. The molecule has 0 atom stereocenters. The molecule has 0 spiro atoms. The van der Waals surface area contributed by atoms with Gasteiger partial charge in [0, 0.05) is 18.3 Å². The highest BCUT2D eigenvalue weighted by atomic mass is 16.5. The molecule has 0 bridgehead atoms. The molecule has 2 rings (SSSR count). The number of ether oxygens (including phenoxy) is 1. The van der Waals surface area contributed by atoms with Crippen molar-refractivity contribution in [3.63, 3.8) is 0 Å². The average molecular weight is 289 g/mol. The van der Waals surface area contributed by atoms with E-state index >= 15 is 0 Å². The lowest BCUT2D eigenvalue weighted by molar-refractivity contribution is -0.116. The molecule has 0 saturated carbocycles. The van der Waals surface area contributed by atoms with Crippen molar-refractivity contribution in [3.05, 3.63) is 36.2 Å². The largest absolute Gasteiger partial charge is 0.494 e. The lowest BCUT2D eigenvalue weighted by Crippen LogP contribution is -2.19. The highest BCUT2D eigenvalue weighted by Gasteiger charge is 2.06. The number of amides is 1. The van der Waals surface area contributed by atoms with Gasteiger partial charge in [-0.15, -0.1) is 5.10 Å². The maximum Gasteiger partial charge on any atom is 0.246 e. The van der Waals surface area contributed by atoms with Crippen molar-refractivity contribution in [2.75, 3.05) is 18.5 Å². The van der Waals surface area contributed by atoms with Gasteiger partial charge >= 0.3 is 0 Å². The van der Waals surface area contributed by atoms with E-state index < -0.39 is 0 Å². The summed E-state index contributed by atoms with van der Waals surface area (Å²) >= 11 is 0. The summed E-state index contributed by atoms with van der Waals surface area (Å²) in [4.78, 5) is 11.9. The van der Waals surface area contributed by atoms with E-state index in [-0.39, 0.29) is 12.5 Å². The van der Waals surface area contributed by atoms with Crippen molar-refractivity contribution < 1.29 is 9.53 Å². The number of rotatable bonds is 7. The van der Waals surface area contributed by atoms with Crippen LogP contribution in [-0.2, 0) is 17.8 Å². The Morgan fingerprint density at radius 2 is 2.14 bits per heavy atom. The van der Waals surface area contributed by atoms with Crippen LogP contribution < -0.4 is 15.8 Å². The number of carbonyl (C=O) groups excluding carboxylic acids is 1. The van der Waals surface area contributed by atoms with E-state index in [2.05, 4.69) is 15.6 Å². The summed E-state index contributed by atoms with van der Waals surface area (Å²) in [7, 11) is 0. The van der Waals surface area contributed by atoms with Crippen LogP contribution in [0.15, 0.2) is 30.5 Å². The molecule has 0 unspecified atom stereocenters. The van der Waals surface area contributed by atoms with E-state index in [4.69, 9.17) is 10.5 Å². The number of nitrogens with two attached hydrogens (primary N) is 1. The van der Waals surface area contributed by atoms with Gasteiger partial charge in [0.2, 0.25) is 5.91 Å². The van der Waals surface area contributed by atoms with Crippen molar-refractivity contribution in [1.29, 1.82) is 0 Å². The topological polar surface area (TPSA) is 95.1 Å². The van der Waals surface area contributed by atoms with Crippen LogP contribution >= 0.6 is 0 Å². The zero-order valence-electron chi connectivity index (χ0n) is 12.0. The van der Waals surface area contributed by atoms with E-state index in [9.17, 15) is 4.79 Å². The van der Waals surface area contributed by atoms with Crippen LogP contribution in [0.1, 0.15) is 12.6 Å². The molecule has 1 amide bonds. The zero-order chi connectivity index (χ0) is 15.1. The zero-order valence-corrected chi connectivity index (χ0v) is 12.0. The van der Waals surface area contributed by atoms with Crippen LogP contribution in [0.5, 0.6) is 5.75 Å². The Balaban J connectivity index is 1.88. The van der Waals surface area contributed by atoms with Crippen LogP contribution in [0.25, 0.3) is 0 Å². The molecule has 2 aromatic rings. The van der Waals surface area contributed by atoms with Crippen molar-refractivity contribution in [2.24, 2.45) is 5.73 Å². The number of benzene rings is 1. The Labute approximate surface area is 123 Å². The third kappa shape index (κ3) is 4.57. The molecule has 21 heavy (non-hydrogen) atoms. The minimum absolute atomic E-state index is 0.116. The van der Waals surface area contributed by atoms with E-state index in [0.29, 0.717) is 25.3 Å². The molecule has 3 N–H and O–H groups in total. The van der Waals surface area contributed by atoms with Gasteiger partial charge in [-0.2, -0.15) is 0 Å². The summed E-state index contributed by atoms with van der Waals surface area (Å²) in [5.41, 5.74) is 6.94. The number of carbonyl (C=O) groups is 1. The van der Waals surface area contributed by atoms with Gasteiger partial charge in [0.05, 0.1) is 12.3 Å². The summed E-state index contributed by atoms with van der Waals surface area (Å²) in [5.74, 6) is 0.613. The lowest BCUT2D eigenvalue weighted by Gasteiger charge is -2.07. The first-order chi connectivity index (χ1) is 10.2. The molecule has 0 aliphatic rings. The van der Waals surface area contributed by atoms with Crippen molar-refractivity contribution >= 4 is 11.6 Å². The van der Waals surface area contributed by atoms with Crippen molar-refractivity contribution in [3.8, 4) is 5.75 Å². The fourth-order valence-corrected chi connectivity index (χ4v) is 1.83. The van der Waals surface area contributed by atoms with Crippen molar-refractivity contribution in [1.82, 2.24) is 15.0 Å². The molecule has 7 heteroatoms. The molecule has 1 heterocycles. The SMILES string of the molecule is CCOc1ccc(NC(=O)Cn2cc(CCN)nn2)cc1. The number of aromatic nitrogens is 3. The Hall–Kier alpha value is -2.41. The highest BCUT2D eigenvalue weighted by molar-refractivity contribution is 5.90. The van der Waals surface area contributed by atoms with Crippen LogP contribution in [0.3, 0.4) is 0 Å². The highest BCUT2D eigenvalue weighted by Crippen LogP contribution is 2.15. The van der Waals surface area contributed by atoms with Crippen LogP contribution in [0.2, 0.25) is 0 Å². The number of hydrogen-bond acceptors (Lipinski definition) is 5. The molecule has 0 aliphatic heterocycles. The number of anilines is 1. The maximum atomic E-state index is 11.9. The normalized spacial score (nSPS) is 10.4. The quantitative estimate of drug-likeness (QED) is 0.786. The first-order valence-electron chi connectivity index (χ1n) is 6.83. The molecule has 1 aromatic carbocycles. The van der Waals surface area contributed by atoms with E-state index in [1.807, 2.05) is 19.1 Å². The monoisotopic (exact) mass is 289 g/mol. The van der Waals surface area contributed by atoms with Gasteiger partial charge in [-0.05, 0) is 37.7 Å². The van der Waals surface area contributed by atoms with Gasteiger partial charge in [0.15, 0.2) is 0 Å². The van der Waals surface area contributed by atoms with Gasteiger partial charge in [0.25, 0.3) is 0 Å². The van der Waals surface area contributed by atoms with Gasteiger partial charge < -0.3 is 15.8 Å². The molecule has 0 saturated heterocycles. The fraction of sp³-hybridized carbons (Fsp3) is 0.357. The summed E-state index contributed by atoms with van der Waals surface area (Å²) in [6, 6.07) is 7.22.